The first-order valence-electron chi connectivity index (χ1n) is 7.88. The second-order valence-electron chi connectivity index (χ2n) is 5.86. The van der Waals surface area contributed by atoms with Gasteiger partial charge in [-0.2, -0.15) is 0 Å². The smallest absolute Gasteiger partial charge is 0.270 e. The van der Waals surface area contributed by atoms with E-state index in [1.165, 1.54) is 18.9 Å². The molecule has 23 heavy (non-hydrogen) atoms. The number of rotatable bonds is 4. The topological polar surface area (TPSA) is 45.2 Å². The van der Waals surface area contributed by atoms with Crippen molar-refractivity contribution in [3.05, 3.63) is 59.2 Å². The van der Waals surface area contributed by atoms with Gasteiger partial charge in [0.05, 0.1) is 0 Å². The first kappa shape index (κ1) is 15.5. The normalized spacial score (nSPS) is 14.1. The zero-order valence-electron chi connectivity index (χ0n) is 13.2. The summed E-state index contributed by atoms with van der Waals surface area (Å²) in [7, 11) is 0. The van der Waals surface area contributed by atoms with Gasteiger partial charge in [0.2, 0.25) is 0 Å². The highest BCUT2D eigenvalue weighted by molar-refractivity contribution is 5.93. The molecule has 4 nitrogen and oxygen atoms in total. The molecule has 3 rings (SSSR count). The first-order chi connectivity index (χ1) is 11.1. The van der Waals surface area contributed by atoms with Crippen molar-refractivity contribution in [1.29, 1.82) is 0 Å². The van der Waals surface area contributed by atoms with Gasteiger partial charge in [0.25, 0.3) is 5.91 Å². The third-order valence-electron chi connectivity index (χ3n) is 4.14. The molecule has 2 aromatic rings. The van der Waals surface area contributed by atoms with E-state index in [2.05, 4.69) is 15.2 Å². The average Bonchev–Trinajstić information content (AvgIpc) is 3.10. The van der Waals surface area contributed by atoms with E-state index in [1.54, 1.807) is 19.2 Å². The van der Waals surface area contributed by atoms with E-state index in [9.17, 15) is 9.18 Å². The molecule has 5 heteroatoms. The predicted molar refractivity (Wildman–Crippen MR) is 88.0 cm³/mol. The number of benzene rings is 1. The van der Waals surface area contributed by atoms with E-state index < -0.39 is 0 Å². The van der Waals surface area contributed by atoms with E-state index in [0.717, 1.165) is 24.3 Å². The lowest BCUT2D eigenvalue weighted by Gasteiger charge is -2.17. The van der Waals surface area contributed by atoms with Gasteiger partial charge in [-0.3, -0.25) is 9.78 Å². The monoisotopic (exact) mass is 313 g/mol. The zero-order chi connectivity index (χ0) is 16.2. The molecule has 1 aliphatic rings. The van der Waals surface area contributed by atoms with Gasteiger partial charge in [-0.15, -0.1) is 0 Å². The van der Waals surface area contributed by atoms with Crippen molar-refractivity contribution in [2.75, 3.05) is 18.0 Å². The minimum absolute atomic E-state index is 0.243. The minimum Gasteiger partial charge on any atom is -0.371 e. The number of aryl methyl sites for hydroxylation is 1. The van der Waals surface area contributed by atoms with Gasteiger partial charge in [-0.05, 0) is 49.1 Å². The Balaban J connectivity index is 1.65. The second-order valence-corrected chi connectivity index (χ2v) is 5.86. The van der Waals surface area contributed by atoms with E-state index in [0.29, 0.717) is 11.3 Å². The van der Waals surface area contributed by atoms with Crippen LogP contribution in [0.25, 0.3) is 0 Å². The van der Waals surface area contributed by atoms with Gasteiger partial charge < -0.3 is 10.2 Å². The van der Waals surface area contributed by atoms with E-state index >= 15 is 0 Å². The van der Waals surface area contributed by atoms with Crippen molar-refractivity contribution >= 4 is 11.6 Å². The lowest BCUT2D eigenvalue weighted by atomic mass is 10.1. The van der Waals surface area contributed by atoms with E-state index in [1.807, 2.05) is 18.2 Å². The number of carbonyl (C=O) groups is 1. The summed E-state index contributed by atoms with van der Waals surface area (Å²) >= 11 is 0. The van der Waals surface area contributed by atoms with Gasteiger partial charge in [0.1, 0.15) is 11.5 Å². The molecule has 0 bridgehead atoms. The number of aromatic nitrogens is 1. The van der Waals surface area contributed by atoms with E-state index in [-0.39, 0.29) is 18.3 Å². The molecule has 0 atom stereocenters. The molecule has 1 amide bonds. The van der Waals surface area contributed by atoms with Crippen LogP contribution in [0.1, 0.15) is 34.5 Å². The Labute approximate surface area is 135 Å². The molecule has 0 radical (unpaired) electrons. The van der Waals surface area contributed by atoms with Gasteiger partial charge >= 0.3 is 0 Å². The third-order valence-corrected chi connectivity index (χ3v) is 4.14. The van der Waals surface area contributed by atoms with Crippen molar-refractivity contribution < 1.29 is 9.18 Å². The van der Waals surface area contributed by atoms with Gasteiger partial charge in [0.15, 0.2) is 0 Å². The quantitative estimate of drug-likeness (QED) is 0.943. The molecule has 1 fully saturated rings. The summed E-state index contributed by atoms with van der Waals surface area (Å²) in [6.07, 6.45) is 4.03. The van der Waals surface area contributed by atoms with Crippen molar-refractivity contribution in [3.8, 4) is 0 Å². The predicted octanol–water partition coefficient (Wildman–Crippen LogP) is 3.06. The molecule has 1 aliphatic heterocycles. The summed E-state index contributed by atoms with van der Waals surface area (Å²) in [6.45, 7) is 4.04. The zero-order valence-corrected chi connectivity index (χ0v) is 13.2. The number of pyridine rings is 1. The fraction of sp³-hybridized carbons (Fsp3) is 0.333. The van der Waals surface area contributed by atoms with Gasteiger partial charge in [-0.1, -0.05) is 12.1 Å². The average molecular weight is 313 g/mol. The highest BCUT2D eigenvalue weighted by Gasteiger charge is 2.15. The van der Waals surface area contributed by atoms with Crippen LogP contribution in [-0.2, 0) is 6.54 Å². The molecule has 1 saturated heterocycles. The number of amides is 1. The Bertz CT molecular complexity index is 711. The van der Waals surface area contributed by atoms with Crippen LogP contribution >= 0.6 is 0 Å². The molecule has 1 aromatic heterocycles. The highest BCUT2D eigenvalue weighted by Crippen LogP contribution is 2.20. The number of carbonyl (C=O) groups excluding carboxylic acids is 1. The summed E-state index contributed by atoms with van der Waals surface area (Å²) in [4.78, 5) is 18.7. The summed E-state index contributed by atoms with van der Waals surface area (Å²) in [5.41, 5.74) is 2.75. The number of nitrogens with one attached hydrogen (secondary N) is 1. The number of nitrogens with zero attached hydrogens (tertiary/aromatic N) is 2. The van der Waals surface area contributed by atoms with Crippen LogP contribution in [0, 0.1) is 12.7 Å². The largest absolute Gasteiger partial charge is 0.371 e. The molecular formula is C18H20FN3O. The number of hydrogen-bond acceptors (Lipinski definition) is 3. The SMILES string of the molecule is Cc1ccc(CNC(=O)c2cc(N3CCCC3)ccn2)cc1F. The number of anilines is 1. The Hall–Kier alpha value is -2.43. The van der Waals surface area contributed by atoms with Crippen LogP contribution < -0.4 is 10.2 Å². The maximum atomic E-state index is 13.5. The van der Waals surface area contributed by atoms with Crippen molar-refractivity contribution in [3.63, 3.8) is 0 Å². The molecule has 0 aliphatic carbocycles. The van der Waals surface area contributed by atoms with Gasteiger partial charge in [0, 0.05) is 31.5 Å². The molecule has 1 N–H and O–H groups in total. The van der Waals surface area contributed by atoms with Crippen molar-refractivity contribution in [2.45, 2.75) is 26.3 Å². The summed E-state index contributed by atoms with van der Waals surface area (Å²) in [5, 5.41) is 2.79. The standard InChI is InChI=1S/C18H20FN3O/c1-13-4-5-14(10-16(13)19)12-21-18(23)17-11-15(6-7-20-17)22-8-2-3-9-22/h4-7,10-11H,2-3,8-9,12H2,1H3,(H,21,23). The maximum Gasteiger partial charge on any atom is 0.270 e. The third kappa shape index (κ3) is 3.67. The van der Waals surface area contributed by atoms with Crippen LogP contribution in [0.3, 0.4) is 0 Å². The summed E-state index contributed by atoms with van der Waals surface area (Å²) in [6, 6.07) is 8.72. The van der Waals surface area contributed by atoms with Crippen LogP contribution in [-0.4, -0.2) is 24.0 Å². The molecule has 120 valence electrons. The van der Waals surface area contributed by atoms with Crippen LogP contribution in [0.2, 0.25) is 0 Å². The molecule has 0 unspecified atom stereocenters. The molecule has 0 saturated carbocycles. The Kier molecular flexibility index (Phi) is 4.55. The first-order valence-corrected chi connectivity index (χ1v) is 7.88. The van der Waals surface area contributed by atoms with Gasteiger partial charge in [-0.25, -0.2) is 4.39 Å². The van der Waals surface area contributed by atoms with Crippen LogP contribution in [0.15, 0.2) is 36.5 Å². The Morgan fingerprint density at radius 2 is 2.04 bits per heavy atom. The van der Waals surface area contributed by atoms with E-state index in [4.69, 9.17) is 0 Å². The van der Waals surface area contributed by atoms with Crippen molar-refractivity contribution in [2.24, 2.45) is 0 Å². The minimum atomic E-state index is -0.258. The number of hydrogen-bond donors (Lipinski definition) is 1. The highest BCUT2D eigenvalue weighted by atomic mass is 19.1. The fourth-order valence-electron chi connectivity index (χ4n) is 2.73. The lowest BCUT2D eigenvalue weighted by molar-refractivity contribution is 0.0946. The molecule has 0 spiro atoms. The maximum absolute atomic E-state index is 13.5. The Morgan fingerprint density at radius 3 is 2.78 bits per heavy atom. The number of halogens is 1. The van der Waals surface area contributed by atoms with Crippen LogP contribution in [0.5, 0.6) is 0 Å². The van der Waals surface area contributed by atoms with Crippen molar-refractivity contribution in [1.82, 2.24) is 10.3 Å². The molecule has 1 aromatic carbocycles. The fourth-order valence-corrected chi connectivity index (χ4v) is 2.73. The summed E-state index contributed by atoms with van der Waals surface area (Å²) < 4.78 is 13.5. The molecule has 2 heterocycles. The Morgan fingerprint density at radius 1 is 1.26 bits per heavy atom. The lowest BCUT2D eigenvalue weighted by Crippen LogP contribution is -2.25. The second kappa shape index (κ2) is 6.77. The summed E-state index contributed by atoms with van der Waals surface area (Å²) in [5.74, 6) is -0.502. The van der Waals surface area contributed by atoms with Crippen LogP contribution in [0.4, 0.5) is 10.1 Å². The molecular weight excluding hydrogens is 293 g/mol.